The fourth-order valence-electron chi connectivity index (χ4n) is 1.18. The van der Waals surface area contributed by atoms with Crippen LogP contribution >= 0.6 is 11.6 Å². The first-order chi connectivity index (χ1) is 5.38. The van der Waals surface area contributed by atoms with Crippen molar-refractivity contribution in [2.75, 3.05) is 0 Å². The quantitative estimate of drug-likeness (QED) is 0.597. The SMILES string of the molecule is Clc1ccc2cccccc1-2.O. The Kier molecular flexibility index (Phi) is 2.69. The molecular formula is C10H9ClO. The van der Waals surface area contributed by atoms with Crippen molar-refractivity contribution < 1.29 is 5.48 Å². The van der Waals surface area contributed by atoms with E-state index in [2.05, 4.69) is 6.07 Å². The van der Waals surface area contributed by atoms with Crippen LogP contribution in [0.2, 0.25) is 5.02 Å². The normalized spacial score (nSPS) is 9.42. The summed E-state index contributed by atoms with van der Waals surface area (Å²) in [5.41, 5.74) is 2.32. The lowest BCUT2D eigenvalue weighted by Gasteiger charge is -1.89. The lowest BCUT2D eigenvalue weighted by Crippen LogP contribution is -1.63. The molecule has 0 saturated carbocycles. The summed E-state index contributed by atoms with van der Waals surface area (Å²) in [4.78, 5) is 0. The lowest BCUT2D eigenvalue weighted by molar-refractivity contribution is 0.824. The van der Waals surface area contributed by atoms with Crippen molar-refractivity contribution in [1.29, 1.82) is 0 Å². The first kappa shape index (κ1) is 9.04. The fraction of sp³-hybridized carbons (Fsp3) is 0. The Morgan fingerprint density at radius 3 is 2.42 bits per heavy atom. The Morgan fingerprint density at radius 1 is 0.833 bits per heavy atom. The Labute approximate surface area is 76.3 Å². The first-order valence-corrected chi connectivity index (χ1v) is 3.89. The molecule has 0 unspecified atom stereocenters. The summed E-state index contributed by atoms with van der Waals surface area (Å²) in [6, 6.07) is 14.0. The van der Waals surface area contributed by atoms with Crippen LogP contribution in [0.25, 0.3) is 11.1 Å². The molecule has 0 heterocycles. The summed E-state index contributed by atoms with van der Waals surface area (Å²) in [6.07, 6.45) is 0. The number of halogens is 1. The minimum absolute atomic E-state index is 0. The van der Waals surface area contributed by atoms with Crippen molar-refractivity contribution in [3.63, 3.8) is 0 Å². The van der Waals surface area contributed by atoms with E-state index in [1.54, 1.807) is 0 Å². The standard InChI is InChI=1S/C10H7Cl.H2O/c11-10-7-6-8-4-2-1-3-5-9(8)10;/h1-7H;1H2. The lowest BCUT2D eigenvalue weighted by atomic mass is 10.2. The van der Waals surface area contributed by atoms with Gasteiger partial charge in [-0.05, 0) is 11.6 Å². The maximum absolute atomic E-state index is 5.93. The van der Waals surface area contributed by atoms with Crippen molar-refractivity contribution in [3.8, 4) is 11.1 Å². The molecule has 0 aromatic heterocycles. The Bertz CT molecular complexity index is 346. The van der Waals surface area contributed by atoms with Crippen LogP contribution in [-0.4, -0.2) is 5.48 Å². The second-order valence-corrected chi connectivity index (χ2v) is 2.87. The van der Waals surface area contributed by atoms with Crippen LogP contribution in [0.3, 0.4) is 0 Å². The molecule has 0 aromatic rings. The molecule has 0 bridgehead atoms. The molecule has 0 fully saturated rings. The fourth-order valence-corrected chi connectivity index (χ4v) is 1.41. The summed E-state index contributed by atoms with van der Waals surface area (Å²) in [5.74, 6) is 0. The Morgan fingerprint density at radius 2 is 1.58 bits per heavy atom. The molecule has 2 rings (SSSR count). The van der Waals surface area contributed by atoms with Gasteiger partial charge in [-0.25, -0.2) is 0 Å². The molecule has 0 aliphatic heterocycles. The summed E-state index contributed by atoms with van der Waals surface area (Å²) < 4.78 is 0. The monoisotopic (exact) mass is 180 g/mol. The van der Waals surface area contributed by atoms with E-state index in [4.69, 9.17) is 11.6 Å². The Hall–Kier alpha value is -1.05. The highest BCUT2D eigenvalue weighted by Crippen LogP contribution is 2.30. The summed E-state index contributed by atoms with van der Waals surface area (Å²) in [5, 5.41) is 0.830. The average Bonchev–Trinajstić information content (AvgIpc) is 2.25. The topological polar surface area (TPSA) is 31.5 Å². The molecule has 0 amide bonds. The minimum atomic E-state index is 0. The highest BCUT2D eigenvalue weighted by molar-refractivity contribution is 6.33. The van der Waals surface area contributed by atoms with E-state index < -0.39 is 0 Å². The van der Waals surface area contributed by atoms with Gasteiger partial charge >= 0.3 is 0 Å². The van der Waals surface area contributed by atoms with Gasteiger partial charge in [0.2, 0.25) is 0 Å². The number of hydrogen-bond donors (Lipinski definition) is 0. The van der Waals surface area contributed by atoms with Crippen LogP contribution in [-0.2, 0) is 0 Å². The zero-order valence-electron chi connectivity index (χ0n) is 6.42. The second kappa shape index (κ2) is 3.57. The smallest absolute Gasteiger partial charge is 0.0484 e. The zero-order valence-corrected chi connectivity index (χ0v) is 7.18. The van der Waals surface area contributed by atoms with E-state index in [0.717, 1.165) is 10.6 Å². The van der Waals surface area contributed by atoms with Crippen LogP contribution in [0.15, 0.2) is 42.5 Å². The Balaban J connectivity index is 0.000000720. The predicted octanol–water partition coefficient (Wildman–Crippen LogP) is 2.62. The molecule has 12 heavy (non-hydrogen) atoms. The van der Waals surface area contributed by atoms with Gasteiger partial charge in [0, 0.05) is 10.6 Å². The summed E-state index contributed by atoms with van der Waals surface area (Å²) in [7, 11) is 0. The van der Waals surface area contributed by atoms with E-state index in [0.29, 0.717) is 0 Å². The molecule has 0 spiro atoms. The largest absolute Gasteiger partial charge is 0.412 e. The zero-order chi connectivity index (χ0) is 7.68. The minimum Gasteiger partial charge on any atom is -0.412 e. The maximum atomic E-state index is 5.93. The molecule has 2 aliphatic rings. The van der Waals surface area contributed by atoms with Crippen LogP contribution in [0.4, 0.5) is 0 Å². The highest BCUT2D eigenvalue weighted by Gasteiger charge is 2.03. The molecule has 0 saturated heterocycles. The summed E-state index contributed by atoms with van der Waals surface area (Å²) in [6.45, 7) is 0. The van der Waals surface area contributed by atoms with E-state index >= 15 is 0 Å². The number of fused-ring (bicyclic) bond motifs is 1. The van der Waals surface area contributed by atoms with E-state index in [9.17, 15) is 0 Å². The van der Waals surface area contributed by atoms with Gasteiger partial charge in [-0.15, -0.1) is 0 Å². The maximum Gasteiger partial charge on any atom is 0.0484 e. The first-order valence-electron chi connectivity index (χ1n) is 3.51. The van der Waals surface area contributed by atoms with Crippen LogP contribution < -0.4 is 0 Å². The van der Waals surface area contributed by atoms with Crippen LogP contribution in [0.5, 0.6) is 0 Å². The molecule has 0 aromatic carbocycles. The molecule has 2 N–H and O–H groups in total. The molecule has 2 heteroatoms. The second-order valence-electron chi connectivity index (χ2n) is 2.46. The van der Waals surface area contributed by atoms with E-state index in [-0.39, 0.29) is 5.48 Å². The van der Waals surface area contributed by atoms with Gasteiger partial charge < -0.3 is 5.48 Å². The molecule has 0 radical (unpaired) electrons. The molecule has 0 atom stereocenters. The van der Waals surface area contributed by atoms with Crippen molar-refractivity contribution in [1.82, 2.24) is 0 Å². The van der Waals surface area contributed by atoms with E-state index in [1.165, 1.54) is 5.56 Å². The molecule has 2 aliphatic carbocycles. The van der Waals surface area contributed by atoms with Gasteiger partial charge in [0.1, 0.15) is 0 Å². The van der Waals surface area contributed by atoms with Gasteiger partial charge in [0.15, 0.2) is 0 Å². The van der Waals surface area contributed by atoms with Crippen LogP contribution in [0.1, 0.15) is 0 Å². The van der Waals surface area contributed by atoms with Gasteiger partial charge in [-0.2, -0.15) is 0 Å². The third kappa shape index (κ3) is 1.42. The van der Waals surface area contributed by atoms with Crippen molar-refractivity contribution in [2.24, 2.45) is 0 Å². The third-order valence-corrected chi connectivity index (χ3v) is 2.07. The average molecular weight is 181 g/mol. The number of hydrogen-bond acceptors (Lipinski definition) is 0. The van der Waals surface area contributed by atoms with E-state index in [1.807, 2.05) is 36.4 Å². The van der Waals surface area contributed by atoms with Crippen molar-refractivity contribution in [2.45, 2.75) is 0 Å². The van der Waals surface area contributed by atoms with Crippen molar-refractivity contribution >= 4 is 11.6 Å². The van der Waals surface area contributed by atoms with Gasteiger partial charge in [-0.3, -0.25) is 0 Å². The highest BCUT2D eigenvalue weighted by atomic mass is 35.5. The summed E-state index contributed by atoms with van der Waals surface area (Å²) >= 11 is 5.93. The third-order valence-electron chi connectivity index (χ3n) is 1.74. The molecule has 1 nitrogen and oxygen atoms in total. The van der Waals surface area contributed by atoms with Crippen LogP contribution in [0, 0.1) is 0 Å². The van der Waals surface area contributed by atoms with Gasteiger partial charge in [0.05, 0.1) is 0 Å². The predicted molar refractivity (Wildman–Crippen MR) is 51.7 cm³/mol. The van der Waals surface area contributed by atoms with Crippen molar-refractivity contribution in [3.05, 3.63) is 47.5 Å². The molecular weight excluding hydrogens is 172 g/mol. The van der Waals surface area contributed by atoms with Gasteiger partial charge in [-0.1, -0.05) is 48.0 Å². The van der Waals surface area contributed by atoms with Gasteiger partial charge in [0.25, 0.3) is 0 Å². The number of rotatable bonds is 0. The molecule has 62 valence electrons.